The molecule has 0 radical (unpaired) electrons. The van der Waals surface area contributed by atoms with Crippen molar-refractivity contribution in [2.24, 2.45) is 0 Å². The van der Waals surface area contributed by atoms with Gasteiger partial charge >= 0.3 is 5.97 Å². The highest BCUT2D eigenvalue weighted by atomic mass is 16.5. The maximum atomic E-state index is 12.0. The molecule has 0 spiro atoms. The van der Waals surface area contributed by atoms with Gasteiger partial charge in [-0.05, 0) is 26.3 Å². The van der Waals surface area contributed by atoms with Crippen molar-refractivity contribution in [3.05, 3.63) is 24.3 Å². The zero-order valence-corrected chi connectivity index (χ0v) is 11.6. The number of nitrogens with zero attached hydrogens (tertiary/aromatic N) is 3. The zero-order chi connectivity index (χ0) is 13.8. The highest BCUT2D eigenvalue weighted by Gasteiger charge is 2.26. The molecule has 0 saturated carbocycles. The lowest BCUT2D eigenvalue weighted by Gasteiger charge is -2.14. The third kappa shape index (κ3) is 2.45. The van der Waals surface area contributed by atoms with Crippen LogP contribution < -0.4 is 0 Å². The lowest BCUT2D eigenvalue weighted by molar-refractivity contribution is -0.145. The summed E-state index contributed by atoms with van der Waals surface area (Å²) in [6.07, 6.45) is 4.14. The Morgan fingerprint density at radius 2 is 2.21 bits per heavy atom. The summed E-state index contributed by atoms with van der Waals surface area (Å²) in [7, 11) is 0. The maximum absolute atomic E-state index is 12.0. The molecule has 5 nitrogen and oxygen atoms in total. The SMILES string of the molecule is CCOC(=O)C(CC)c1nc2cnccc2n1CC. The number of fused-ring (bicyclic) bond motifs is 1. The first kappa shape index (κ1) is 13.5. The minimum Gasteiger partial charge on any atom is -0.465 e. The number of rotatable bonds is 5. The van der Waals surface area contributed by atoms with E-state index in [-0.39, 0.29) is 11.9 Å². The van der Waals surface area contributed by atoms with Crippen molar-refractivity contribution < 1.29 is 9.53 Å². The highest BCUT2D eigenvalue weighted by Crippen LogP contribution is 2.25. The summed E-state index contributed by atoms with van der Waals surface area (Å²) < 4.78 is 7.19. The van der Waals surface area contributed by atoms with E-state index in [1.54, 1.807) is 12.4 Å². The molecule has 2 heterocycles. The molecular weight excluding hydrogens is 242 g/mol. The monoisotopic (exact) mass is 261 g/mol. The number of hydrogen-bond acceptors (Lipinski definition) is 4. The second-order valence-electron chi connectivity index (χ2n) is 4.29. The van der Waals surface area contributed by atoms with Crippen molar-refractivity contribution in [3.63, 3.8) is 0 Å². The van der Waals surface area contributed by atoms with E-state index in [1.807, 2.05) is 26.8 Å². The second-order valence-corrected chi connectivity index (χ2v) is 4.29. The molecule has 1 unspecified atom stereocenters. The number of carbonyl (C=O) groups excluding carboxylic acids is 1. The molecule has 2 aromatic heterocycles. The topological polar surface area (TPSA) is 57.0 Å². The van der Waals surface area contributed by atoms with E-state index in [0.717, 1.165) is 23.4 Å². The minimum absolute atomic E-state index is 0.206. The van der Waals surface area contributed by atoms with Gasteiger partial charge in [-0.3, -0.25) is 9.78 Å². The first-order chi connectivity index (χ1) is 9.22. The van der Waals surface area contributed by atoms with E-state index in [2.05, 4.69) is 14.5 Å². The van der Waals surface area contributed by atoms with Crippen molar-refractivity contribution in [1.29, 1.82) is 0 Å². The Morgan fingerprint density at radius 3 is 2.84 bits per heavy atom. The van der Waals surface area contributed by atoms with E-state index in [4.69, 9.17) is 4.74 Å². The smallest absolute Gasteiger partial charge is 0.316 e. The van der Waals surface area contributed by atoms with Gasteiger partial charge in [0.05, 0.1) is 18.3 Å². The quantitative estimate of drug-likeness (QED) is 0.776. The van der Waals surface area contributed by atoms with E-state index < -0.39 is 0 Å². The Morgan fingerprint density at radius 1 is 1.42 bits per heavy atom. The van der Waals surface area contributed by atoms with Crippen LogP contribution in [0.4, 0.5) is 0 Å². The molecule has 1 atom stereocenters. The lowest BCUT2D eigenvalue weighted by Crippen LogP contribution is -2.19. The molecule has 0 aliphatic rings. The van der Waals surface area contributed by atoms with Crippen LogP contribution in [0.3, 0.4) is 0 Å². The number of esters is 1. The van der Waals surface area contributed by atoms with Crippen LogP contribution >= 0.6 is 0 Å². The van der Waals surface area contributed by atoms with Gasteiger partial charge in [0.2, 0.25) is 0 Å². The molecule has 5 heteroatoms. The molecule has 0 aliphatic carbocycles. The van der Waals surface area contributed by atoms with E-state index >= 15 is 0 Å². The molecule has 0 aromatic carbocycles. The fourth-order valence-corrected chi connectivity index (χ4v) is 2.30. The van der Waals surface area contributed by atoms with Crippen LogP contribution in [-0.4, -0.2) is 27.1 Å². The van der Waals surface area contributed by atoms with Gasteiger partial charge in [0.15, 0.2) is 0 Å². The first-order valence-electron chi connectivity index (χ1n) is 6.69. The van der Waals surface area contributed by atoms with E-state index in [9.17, 15) is 4.79 Å². The van der Waals surface area contributed by atoms with Gasteiger partial charge in [0, 0.05) is 12.7 Å². The Hall–Kier alpha value is -1.91. The molecule has 2 aromatic rings. The number of hydrogen-bond donors (Lipinski definition) is 0. The van der Waals surface area contributed by atoms with Gasteiger partial charge in [-0.25, -0.2) is 4.98 Å². The van der Waals surface area contributed by atoms with Crippen molar-refractivity contribution in [3.8, 4) is 0 Å². The molecule has 0 N–H and O–H groups in total. The number of carbonyl (C=O) groups is 1. The van der Waals surface area contributed by atoms with Gasteiger partial charge in [0.25, 0.3) is 0 Å². The first-order valence-corrected chi connectivity index (χ1v) is 6.69. The van der Waals surface area contributed by atoms with Gasteiger partial charge in [-0.1, -0.05) is 6.92 Å². The summed E-state index contributed by atoms with van der Waals surface area (Å²) in [5.41, 5.74) is 1.83. The predicted molar refractivity (Wildman–Crippen MR) is 72.9 cm³/mol. The van der Waals surface area contributed by atoms with Crippen LogP contribution in [0.1, 0.15) is 38.9 Å². The second kappa shape index (κ2) is 5.82. The van der Waals surface area contributed by atoms with Crippen LogP contribution in [-0.2, 0) is 16.1 Å². The summed E-state index contributed by atoms with van der Waals surface area (Å²) in [5.74, 6) is 0.252. The molecular formula is C14H19N3O2. The number of aromatic nitrogens is 3. The van der Waals surface area contributed by atoms with Gasteiger partial charge < -0.3 is 9.30 Å². The normalized spacial score (nSPS) is 12.6. The fourth-order valence-electron chi connectivity index (χ4n) is 2.30. The van der Waals surface area contributed by atoms with Crippen LogP contribution in [0.2, 0.25) is 0 Å². The minimum atomic E-state index is -0.313. The number of pyridine rings is 1. The molecule has 0 aliphatic heterocycles. The Balaban J connectivity index is 2.50. The zero-order valence-electron chi connectivity index (χ0n) is 11.6. The summed E-state index contributed by atoms with van der Waals surface area (Å²) in [5, 5.41) is 0. The summed E-state index contributed by atoms with van der Waals surface area (Å²) >= 11 is 0. The standard InChI is InChI=1S/C14H19N3O2/c1-4-10(14(18)19-6-3)13-16-11-9-15-8-7-12(11)17(13)5-2/h7-10H,4-6H2,1-3H3. The predicted octanol–water partition coefficient (Wildman–Crippen LogP) is 2.51. The third-order valence-electron chi connectivity index (χ3n) is 3.19. The van der Waals surface area contributed by atoms with Crippen molar-refractivity contribution in [2.75, 3.05) is 6.61 Å². The third-order valence-corrected chi connectivity index (χ3v) is 3.19. The Labute approximate surface area is 112 Å². The van der Waals surface area contributed by atoms with Crippen LogP contribution in [0.25, 0.3) is 11.0 Å². The van der Waals surface area contributed by atoms with E-state index in [1.165, 1.54) is 0 Å². The largest absolute Gasteiger partial charge is 0.465 e. The summed E-state index contributed by atoms with van der Waals surface area (Å²) in [4.78, 5) is 20.7. The van der Waals surface area contributed by atoms with Crippen molar-refractivity contribution in [2.45, 2.75) is 39.7 Å². The molecule has 0 amide bonds. The van der Waals surface area contributed by atoms with Crippen molar-refractivity contribution in [1.82, 2.24) is 14.5 Å². The van der Waals surface area contributed by atoms with Crippen molar-refractivity contribution >= 4 is 17.0 Å². The summed E-state index contributed by atoms with van der Waals surface area (Å²) in [6.45, 7) is 6.99. The molecule has 102 valence electrons. The molecule has 0 bridgehead atoms. The number of ether oxygens (including phenoxy) is 1. The molecule has 19 heavy (non-hydrogen) atoms. The van der Waals surface area contributed by atoms with E-state index in [0.29, 0.717) is 13.0 Å². The molecule has 0 saturated heterocycles. The summed E-state index contributed by atoms with van der Waals surface area (Å²) in [6, 6.07) is 1.92. The molecule has 2 rings (SSSR count). The highest BCUT2D eigenvalue weighted by molar-refractivity contribution is 5.80. The van der Waals surface area contributed by atoms with Gasteiger partial charge in [0.1, 0.15) is 17.3 Å². The molecule has 0 fully saturated rings. The fraction of sp³-hybridized carbons (Fsp3) is 0.500. The van der Waals surface area contributed by atoms with Crippen LogP contribution in [0, 0.1) is 0 Å². The maximum Gasteiger partial charge on any atom is 0.316 e. The number of aryl methyl sites for hydroxylation is 1. The average molecular weight is 261 g/mol. The van der Waals surface area contributed by atoms with Crippen LogP contribution in [0.15, 0.2) is 18.5 Å². The Bertz CT molecular complexity index is 577. The van der Waals surface area contributed by atoms with Gasteiger partial charge in [-0.15, -0.1) is 0 Å². The Kier molecular flexibility index (Phi) is 4.14. The lowest BCUT2D eigenvalue weighted by atomic mass is 10.1. The van der Waals surface area contributed by atoms with Gasteiger partial charge in [-0.2, -0.15) is 0 Å². The average Bonchev–Trinajstić information content (AvgIpc) is 2.78. The number of imidazole rings is 1. The van der Waals surface area contributed by atoms with Crippen LogP contribution in [0.5, 0.6) is 0 Å².